The second-order valence-electron chi connectivity index (χ2n) is 4.90. The highest BCUT2D eigenvalue weighted by molar-refractivity contribution is 5.20. The van der Waals surface area contributed by atoms with Crippen molar-refractivity contribution in [2.24, 2.45) is 0 Å². The highest BCUT2D eigenvalue weighted by Gasteiger charge is 2.00. The molecule has 0 atom stereocenters. The van der Waals surface area contributed by atoms with Crippen LogP contribution >= 0.6 is 0 Å². The van der Waals surface area contributed by atoms with Crippen LogP contribution in [0.15, 0.2) is 42.9 Å². The highest BCUT2D eigenvalue weighted by Crippen LogP contribution is 2.15. The SMILES string of the molecule is CC(C)c1ccc(OCCCc2cccnc2)nc1. The molecule has 0 saturated heterocycles. The van der Waals surface area contributed by atoms with Crippen LogP contribution < -0.4 is 4.74 Å². The molecule has 0 unspecified atom stereocenters. The lowest BCUT2D eigenvalue weighted by molar-refractivity contribution is 0.299. The molecule has 19 heavy (non-hydrogen) atoms. The van der Waals surface area contributed by atoms with Gasteiger partial charge in [-0.1, -0.05) is 26.0 Å². The zero-order valence-electron chi connectivity index (χ0n) is 11.5. The molecule has 2 rings (SSSR count). The molecule has 2 aromatic heterocycles. The summed E-state index contributed by atoms with van der Waals surface area (Å²) >= 11 is 0. The quantitative estimate of drug-likeness (QED) is 0.740. The molecular formula is C16H20N2O. The minimum atomic E-state index is 0.507. The summed E-state index contributed by atoms with van der Waals surface area (Å²) in [6.45, 7) is 5.00. The fourth-order valence-electron chi connectivity index (χ4n) is 1.82. The maximum atomic E-state index is 5.63. The predicted octanol–water partition coefficient (Wildman–Crippen LogP) is 3.61. The molecule has 2 heterocycles. The molecule has 0 amide bonds. The van der Waals surface area contributed by atoms with Crippen LogP contribution in [0.4, 0.5) is 0 Å². The van der Waals surface area contributed by atoms with Crippen molar-refractivity contribution in [3.8, 4) is 5.88 Å². The van der Waals surface area contributed by atoms with Crippen LogP contribution in [0.3, 0.4) is 0 Å². The van der Waals surface area contributed by atoms with Crippen molar-refractivity contribution in [1.82, 2.24) is 9.97 Å². The molecule has 0 N–H and O–H groups in total. The molecule has 0 aliphatic heterocycles. The summed E-state index contributed by atoms with van der Waals surface area (Å²) in [7, 11) is 0. The van der Waals surface area contributed by atoms with Gasteiger partial charge in [-0.2, -0.15) is 0 Å². The smallest absolute Gasteiger partial charge is 0.213 e. The van der Waals surface area contributed by atoms with Crippen LogP contribution in [0.5, 0.6) is 5.88 Å². The third-order valence-electron chi connectivity index (χ3n) is 3.01. The number of hydrogen-bond donors (Lipinski definition) is 0. The lowest BCUT2D eigenvalue weighted by atomic mass is 10.1. The Hall–Kier alpha value is -1.90. The largest absolute Gasteiger partial charge is 0.478 e. The first-order valence-electron chi connectivity index (χ1n) is 6.73. The molecule has 0 spiro atoms. The van der Waals surface area contributed by atoms with Gasteiger partial charge in [0.15, 0.2) is 0 Å². The monoisotopic (exact) mass is 256 g/mol. The predicted molar refractivity (Wildman–Crippen MR) is 76.4 cm³/mol. The first-order valence-corrected chi connectivity index (χ1v) is 6.73. The van der Waals surface area contributed by atoms with Gasteiger partial charge >= 0.3 is 0 Å². The number of pyridine rings is 2. The Balaban J connectivity index is 1.74. The molecule has 0 fully saturated rings. The molecule has 0 saturated carbocycles. The van der Waals surface area contributed by atoms with Crippen molar-refractivity contribution in [3.05, 3.63) is 54.0 Å². The molecule has 0 aromatic carbocycles. The van der Waals surface area contributed by atoms with E-state index in [0.29, 0.717) is 18.4 Å². The van der Waals surface area contributed by atoms with E-state index in [2.05, 4.69) is 35.9 Å². The number of aryl methyl sites for hydroxylation is 1. The summed E-state index contributed by atoms with van der Waals surface area (Å²) in [5.41, 5.74) is 2.48. The van der Waals surface area contributed by atoms with Gasteiger partial charge < -0.3 is 4.74 Å². The molecule has 2 aromatic rings. The zero-order chi connectivity index (χ0) is 13.5. The molecule has 3 nitrogen and oxygen atoms in total. The molecule has 100 valence electrons. The topological polar surface area (TPSA) is 35.0 Å². The minimum Gasteiger partial charge on any atom is -0.478 e. The van der Waals surface area contributed by atoms with Crippen LogP contribution in [0.2, 0.25) is 0 Å². The van der Waals surface area contributed by atoms with Gasteiger partial charge in [-0.05, 0) is 36.0 Å². The van der Waals surface area contributed by atoms with Crippen LogP contribution in [-0.4, -0.2) is 16.6 Å². The van der Waals surface area contributed by atoms with E-state index in [1.807, 2.05) is 24.5 Å². The van der Waals surface area contributed by atoms with Crippen molar-refractivity contribution in [2.45, 2.75) is 32.6 Å². The van der Waals surface area contributed by atoms with E-state index in [1.165, 1.54) is 11.1 Å². The van der Waals surface area contributed by atoms with Gasteiger partial charge in [0.05, 0.1) is 6.61 Å². The molecule has 3 heteroatoms. The van der Waals surface area contributed by atoms with E-state index < -0.39 is 0 Å². The summed E-state index contributed by atoms with van der Waals surface area (Å²) in [4.78, 5) is 8.40. The van der Waals surface area contributed by atoms with E-state index in [9.17, 15) is 0 Å². The Kier molecular flexibility index (Phi) is 4.90. The zero-order valence-corrected chi connectivity index (χ0v) is 11.5. The number of nitrogens with zero attached hydrogens (tertiary/aromatic N) is 2. The average Bonchev–Trinajstić information content (AvgIpc) is 2.45. The normalized spacial score (nSPS) is 10.7. The Morgan fingerprint density at radius 3 is 2.68 bits per heavy atom. The second kappa shape index (κ2) is 6.88. The highest BCUT2D eigenvalue weighted by atomic mass is 16.5. The van der Waals surface area contributed by atoms with Crippen molar-refractivity contribution in [3.63, 3.8) is 0 Å². The van der Waals surface area contributed by atoms with Crippen molar-refractivity contribution >= 4 is 0 Å². The van der Waals surface area contributed by atoms with E-state index in [-0.39, 0.29) is 0 Å². The molecule has 0 radical (unpaired) electrons. The van der Waals surface area contributed by atoms with E-state index in [1.54, 1.807) is 6.20 Å². The summed E-state index contributed by atoms with van der Waals surface area (Å²) in [6, 6.07) is 8.07. The Bertz CT molecular complexity index is 480. The minimum absolute atomic E-state index is 0.507. The standard InChI is InChI=1S/C16H20N2O/c1-13(2)15-7-8-16(18-12-15)19-10-4-6-14-5-3-9-17-11-14/h3,5,7-9,11-13H,4,6,10H2,1-2H3. The number of aromatic nitrogens is 2. The van der Waals surface area contributed by atoms with Crippen LogP contribution in [0.1, 0.15) is 37.3 Å². The maximum Gasteiger partial charge on any atom is 0.213 e. The summed E-state index contributed by atoms with van der Waals surface area (Å²) < 4.78 is 5.63. The third-order valence-corrected chi connectivity index (χ3v) is 3.01. The molecule has 0 aliphatic rings. The second-order valence-corrected chi connectivity index (χ2v) is 4.90. The Morgan fingerprint density at radius 2 is 2.05 bits per heavy atom. The van der Waals surface area contributed by atoms with Gasteiger partial charge in [0.2, 0.25) is 5.88 Å². The van der Waals surface area contributed by atoms with E-state index in [4.69, 9.17) is 4.74 Å². The van der Waals surface area contributed by atoms with Crippen molar-refractivity contribution < 1.29 is 4.74 Å². The number of hydrogen-bond acceptors (Lipinski definition) is 3. The third kappa shape index (κ3) is 4.36. The molecule has 0 bridgehead atoms. The first-order chi connectivity index (χ1) is 9.25. The fraction of sp³-hybridized carbons (Fsp3) is 0.375. The number of ether oxygens (including phenoxy) is 1. The van der Waals surface area contributed by atoms with E-state index >= 15 is 0 Å². The lowest BCUT2D eigenvalue weighted by Gasteiger charge is -2.07. The van der Waals surface area contributed by atoms with Crippen LogP contribution in [0, 0.1) is 0 Å². The Labute approximate surface area is 114 Å². The van der Waals surface area contributed by atoms with Crippen molar-refractivity contribution in [2.75, 3.05) is 6.61 Å². The van der Waals surface area contributed by atoms with E-state index in [0.717, 1.165) is 12.8 Å². The van der Waals surface area contributed by atoms with Crippen molar-refractivity contribution in [1.29, 1.82) is 0 Å². The summed E-state index contributed by atoms with van der Waals surface area (Å²) in [5.74, 6) is 1.21. The van der Waals surface area contributed by atoms with Crippen LogP contribution in [0.25, 0.3) is 0 Å². The first kappa shape index (κ1) is 13.5. The van der Waals surface area contributed by atoms with Gasteiger partial charge in [-0.25, -0.2) is 4.98 Å². The summed E-state index contributed by atoms with van der Waals surface area (Å²) in [6.07, 6.45) is 7.54. The molecule has 0 aliphatic carbocycles. The molecular weight excluding hydrogens is 236 g/mol. The van der Waals surface area contributed by atoms with Crippen LogP contribution in [-0.2, 0) is 6.42 Å². The lowest BCUT2D eigenvalue weighted by Crippen LogP contribution is -2.01. The fourth-order valence-corrected chi connectivity index (χ4v) is 1.82. The van der Waals surface area contributed by atoms with Gasteiger partial charge in [0.1, 0.15) is 0 Å². The Morgan fingerprint density at radius 1 is 1.16 bits per heavy atom. The van der Waals surface area contributed by atoms with Gasteiger partial charge in [0, 0.05) is 24.7 Å². The van der Waals surface area contributed by atoms with Gasteiger partial charge in [0.25, 0.3) is 0 Å². The maximum absolute atomic E-state index is 5.63. The van der Waals surface area contributed by atoms with Gasteiger partial charge in [-0.15, -0.1) is 0 Å². The average molecular weight is 256 g/mol. The number of rotatable bonds is 6. The van der Waals surface area contributed by atoms with Gasteiger partial charge in [-0.3, -0.25) is 4.98 Å². The summed E-state index contributed by atoms with van der Waals surface area (Å²) in [5, 5.41) is 0.